The van der Waals surface area contributed by atoms with Crippen LogP contribution in [0.3, 0.4) is 0 Å². The van der Waals surface area contributed by atoms with Crippen molar-refractivity contribution in [1.82, 2.24) is 4.98 Å². The summed E-state index contributed by atoms with van der Waals surface area (Å²) in [6, 6.07) is 4.46. The van der Waals surface area contributed by atoms with E-state index < -0.39 is 5.82 Å². The van der Waals surface area contributed by atoms with Gasteiger partial charge in [0, 0.05) is 17.1 Å². The smallest absolute Gasteiger partial charge is 0.189 e. The maximum atomic E-state index is 13.8. The fourth-order valence-electron chi connectivity index (χ4n) is 1.86. The van der Waals surface area contributed by atoms with Crippen molar-refractivity contribution in [3.05, 3.63) is 45.0 Å². The molecule has 2 nitrogen and oxygen atoms in total. The minimum absolute atomic E-state index is 0.0230. The number of nitrogens with one attached hydrogen (secondary N) is 1. The molecule has 1 N–H and O–H groups in total. The number of hydrogen-bond donors (Lipinski definition) is 1. The molecule has 0 unspecified atom stereocenters. The molecule has 4 heteroatoms. The Hall–Kier alpha value is -1.35. The number of rotatable bonds is 2. The third kappa shape index (κ3) is 2.34. The lowest BCUT2D eigenvalue weighted by Crippen LogP contribution is -2.08. The van der Waals surface area contributed by atoms with Crippen molar-refractivity contribution in [2.45, 2.75) is 20.3 Å². The fourth-order valence-corrected chi connectivity index (χ4v) is 2.02. The van der Waals surface area contributed by atoms with Crippen LogP contribution in [0.2, 0.25) is 5.02 Å². The summed E-state index contributed by atoms with van der Waals surface area (Å²) in [5, 5.41) is 0.356. The zero-order valence-corrected chi connectivity index (χ0v) is 10.4. The van der Waals surface area contributed by atoms with E-state index in [-0.39, 0.29) is 16.0 Å². The van der Waals surface area contributed by atoms with Gasteiger partial charge in [-0.2, -0.15) is 0 Å². The molecule has 0 amide bonds. The van der Waals surface area contributed by atoms with Gasteiger partial charge in [-0.25, -0.2) is 4.39 Å². The van der Waals surface area contributed by atoms with Crippen LogP contribution in [0, 0.1) is 11.7 Å². The Labute approximate surface area is 103 Å². The van der Waals surface area contributed by atoms with Gasteiger partial charge in [-0.3, -0.25) is 4.79 Å². The topological polar surface area (TPSA) is 32.9 Å². The van der Waals surface area contributed by atoms with Crippen LogP contribution in [0.15, 0.2) is 23.0 Å². The van der Waals surface area contributed by atoms with E-state index in [9.17, 15) is 9.18 Å². The highest BCUT2D eigenvalue weighted by Gasteiger charge is 2.10. The van der Waals surface area contributed by atoms with E-state index in [1.165, 1.54) is 12.1 Å². The average molecular weight is 254 g/mol. The van der Waals surface area contributed by atoms with Crippen molar-refractivity contribution < 1.29 is 4.39 Å². The maximum Gasteiger partial charge on any atom is 0.189 e. The molecule has 0 fully saturated rings. The summed E-state index contributed by atoms with van der Waals surface area (Å²) in [6.07, 6.45) is 0.705. The second-order valence-electron chi connectivity index (χ2n) is 4.54. The van der Waals surface area contributed by atoms with Crippen molar-refractivity contribution in [1.29, 1.82) is 0 Å². The lowest BCUT2D eigenvalue weighted by molar-refractivity contribution is 0.625. The van der Waals surface area contributed by atoms with Crippen molar-refractivity contribution in [3.8, 4) is 0 Å². The summed E-state index contributed by atoms with van der Waals surface area (Å²) >= 11 is 5.70. The molecular weight excluding hydrogens is 241 g/mol. The molecule has 0 saturated carbocycles. The number of pyridine rings is 1. The Bertz CT molecular complexity index is 619. The molecule has 1 aromatic carbocycles. The number of fused-ring (bicyclic) bond motifs is 1. The van der Waals surface area contributed by atoms with Gasteiger partial charge in [0.1, 0.15) is 0 Å². The van der Waals surface area contributed by atoms with Crippen LogP contribution in [-0.4, -0.2) is 4.98 Å². The Morgan fingerprint density at radius 1 is 1.41 bits per heavy atom. The van der Waals surface area contributed by atoms with Gasteiger partial charge in [-0.05, 0) is 24.5 Å². The number of benzene rings is 1. The second kappa shape index (κ2) is 4.49. The quantitative estimate of drug-likeness (QED) is 0.873. The van der Waals surface area contributed by atoms with E-state index in [0.29, 0.717) is 17.7 Å². The summed E-state index contributed by atoms with van der Waals surface area (Å²) < 4.78 is 13.8. The number of hydrogen-bond acceptors (Lipinski definition) is 1. The lowest BCUT2D eigenvalue weighted by atomic mass is 10.1. The molecule has 0 radical (unpaired) electrons. The molecule has 0 aliphatic heterocycles. The first-order chi connectivity index (χ1) is 7.99. The van der Waals surface area contributed by atoms with Gasteiger partial charge >= 0.3 is 0 Å². The van der Waals surface area contributed by atoms with Crippen LogP contribution in [0.25, 0.3) is 10.9 Å². The summed E-state index contributed by atoms with van der Waals surface area (Å²) in [5.74, 6) is -0.169. The SMILES string of the molecule is CC(C)Cc1cc(=O)c2ccc(Cl)c(F)c2[nH]1. The molecule has 0 aliphatic carbocycles. The van der Waals surface area contributed by atoms with E-state index in [1.54, 1.807) is 6.07 Å². The molecule has 0 atom stereocenters. The van der Waals surface area contributed by atoms with Crippen LogP contribution in [0.1, 0.15) is 19.5 Å². The van der Waals surface area contributed by atoms with E-state index in [2.05, 4.69) is 4.98 Å². The van der Waals surface area contributed by atoms with Crippen LogP contribution in [0.4, 0.5) is 4.39 Å². The summed E-state index contributed by atoms with van der Waals surface area (Å²) in [7, 11) is 0. The summed E-state index contributed by atoms with van der Waals surface area (Å²) in [6.45, 7) is 4.08. The minimum Gasteiger partial charge on any atom is -0.356 e. The Morgan fingerprint density at radius 2 is 2.12 bits per heavy atom. The van der Waals surface area contributed by atoms with Crippen LogP contribution < -0.4 is 5.43 Å². The Morgan fingerprint density at radius 3 is 2.76 bits per heavy atom. The zero-order chi connectivity index (χ0) is 12.6. The van der Waals surface area contributed by atoms with Gasteiger partial charge < -0.3 is 4.98 Å². The monoisotopic (exact) mass is 253 g/mol. The predicted octanol–water partition coefficient (Wildman–Crippen LogP) is 3.52. The first-order valence-corrected chi connectivity index (χ1v) is 5.86. The molecule has 17 heavy (non-hydrogen) atoms. The third-order valence-electron chi connectivity index (χ3n) is 2.58. The van der Waals surface area contributed by atoms with E-state index >= 15 is 0 Å². The highest BCUT2D eigenvalue weighted by molar-refractivity contribution is 6.31. The second-order valence-corrected chi connectivity index (χ2v) is 4.95. The maximum absolute atomic E-state index is 13.8. The molecule has 0 spiro atoms. The highest BCUT2D eigenvalue weighted by Crippen LogP contribution is 2.21. The fraction of sp³-hybridized carbons (Fsp3) is 0.308. The predicted molar refractivity (Wildman–Crippen MR) is 68.1 cm³/mol. The van der Waals surface area contributed by atoms with Crippen LogP contribution >= 0.6 is 11.6 Å². The number of aromatic amines is 1. The first-order valence-electron chi connectivity index (χ1n) is 5.49. The number of aromatic nitrogens is 1. The van der Waals surface area contributed by atoms with E-state index in [4.69, 9.17) is 11.6 Å². The molecule has 1 heterocycles. The van der Waals surface area contributed by atoms with Gasteiger partial charge in [0.2, 0.25) is 0 Å². The normalized spacial score (nSPS) is 11.4. The van der Waals surface area contributed by atoms with Crippen molar-refractivity contribution in [2.75, 3.05) is 0 Å². The van der Waals surface area contributed by atoms with E-state index in [0.717, 1.165) is 5.69 Å². The molecule has 0 saturated heterocycles. The number of halogens is 2. The van der Waals surface area contributed by atoms with Crippen LogP contribution in [-0.2, 0) is 6.42 Å². The molecular formula is C13H13ClFNO. The summed E-state index contributed by atoms with van der Waals surface area (Å²) in [5.41, 5.74) is 0.754. The molecule has 2 aromatic rings. The average Bonchev–Trinajstić information content (AvgIpc) is 2.23. The first kappa shape index (κ1) is 12.1. The van der Waals surface area contributed by atoms with Crippen molar-refractivity contribution in [3.63, 3.8) is 0 Å². The third-order valence-corrected chi connectivity index (χ3v) is 2.87. The minimum atomic E-state index is -0.563. The highest BCUT2D eigenvalue weighted by atomic mass is 35.5. The van der Waals surface area contributed by atoms with E-state index in [1.807, 2.05) is 13.8 Å². The number of H-pyrrole nitrogens is 1. The molecule has 90 valence electrons. The zero-order valence-electron chi connectivity index (χ0n) is 9.68. The van der Waals surface area contributed by atoms with Gasteiger partial charge in [0.25, 0.3) is 0 Å². The van der Waals surface area contributed by atoms with Gasteiger partial charge in [-0.15, -0.1) is 0 Å². The van der Waals surface area contributed by atoms with Crippen molar-refractivity contribution >= 4 is 22.5 Å². The lowest BCUT2D eigenvalue weighted by Gasteiger charge is -2.07. The summed E-state index contributed by atoms with van der Waals surface area (Å²) in [4.78, 5) is 14.8. The van der Waals surface area contributed by atoms with Gasteiger partial charge in [0.15, 0.2) is 11.2 Å². The molecule has 0 aliphatic rings. The van der Waals surface area contributed by atoms with Crippen LogP contribution in [0.5, 0.6) is 0 Å². The molecule has 1 aromatic heterocycles. The Balaban J connectivity index is 2.70. The van der Waals surface area contributed by atoms with Gasteiger partial charge in [-0.1, -0.05) is 25.4 Å². The van der Waals surface area contributed by atoms with Crippen molar-refractivity contribution in [2.24, 2.45) is 5.92 Å². The standard InChI is InChI=1S/C13H13ClFNO/c1-7(2)5-8-6-11(17)9-3-4-10(14)12(15)13(9)16-8/h3-4,6-7H,5H2,1-2H3,(H,16,17). The van der Waals surface area contributed by atoms with Gasteiger partial charge in [0.05, 0.1) is 10.5 Å². The molecule has 0 bridgehead atoms. The molecule has 2 rings (SSSR count). The Kier molecular flexibility index (Phi) is 3.20. The largest absolute Gasteiger partial charge is 0.356 e.